The summed E-state index contributed by atoms with van der Waals surface area (Å²) in [5, 5.41) is 9.58. The molecule has 0 aromatic carbocycles. The van der Waals surface area contributed by atoms with Gasteiger partial charge in [0, 0.05) is 25.0 Å². The molecule has 0 saturated carbocycles. The van der Waals surface area contributed by atoms with Crippen LogP contribution in [0.25, 0.3) is 10.2 Å². The summed E-state index contributed by atoms with van der Waals surface area (Å²) in [7, 11) is 1.69. The number of aryl methyl sites for hydroxylation is 2. The van der Waals surface area contributed by atoms with Crippen LogP contribution in [0.4, 0.5) is 0 Å². The minimum atomic E-state index is -0.390. The lowest BCUT2D eigenvalue weighted by Crippen LogP contribution is -2.34. The summed E-state index contributed by atoms with van der Waals surface area (Å²) in [5.41, 5.74) is 0.956. The Labute approximate surface area is 168 Å². The second-order valence-electron chi connectivity index (χ2n) is 7.10. The van der Waals surface area contributed by atoms with Gasteiger partial charge in [-0.3, -0.25) is 14.2 Å². The fourth-order valence-electron chi connectivity index (χ4n) is 2.77. The molecule has 0 radical (unpaired) electrons. The number of nitriles is 1. The van der Waals surface area contributed by atoms with Crippen molar-refractivity contribution >= 4 is 39.2 Å². The Hall–Kier alpha value is -1.85. The first-order valence-electron chi connectivity index (χ1n) is 8.96. The van der Waals surface area contributed by atoms with E-state index in [0.29, 0.717) is 30.1 Å². The number of hydrogen-bond donors (Lipinski definition) is 0. The Balaban J connectivity index is 2.43. The summed E-state index contributed by atoms with van der Waals surface area (Å²) in [6, 6.07) is 2.05. The van der Waals surface area contributed by atoms with Crippen LogP contribution in [0.3, 0.4) is 0 Å². The number of nitrogens with zero attached hydrogens (tertiary/aromatic N) is 4. The van der Waals surface area contributed by atoms with Gasteiger partial charge in [0.2, 0.25) is 5.91 Å². The van der Waals surface area contributed by atoms with E-state index in [0.717, 1.165) is 15.3 Å². The van der Waals surface area contributed by atoms with Crippen LogP contribution in [-0.2, 0) is 11.3 Å². The van der Waals surface area contributed by atoms with Crippen molar-refractivity contribution in [1.82, 2.24) is 14.5 Å². The highest BCUT2D eigenvalue weighted by Crippen LogP contribution is 2.30. The zero-order chi connectivity index (χ0) is 20.3. The van der Waals surface area contributed by atoms with Gasteiger partial charge in [0.05, 0.1) is 23.1 Å². The smallest absolute Gasteiger partial charge is 0.263 e. The van der Waals surface area contributed by atoms with Crippen LogP contribution in [0.15, 0.2) is 9.95 Å². The fraction of sp³-hybridized carbons (Fsp3) is 0.579. The quantitative estimate of drug-likeness (QED) is 0.519. The van der Waals surface area contributed by atoms with Crippen molar-refractivity contribution in [2.75, 3.05) is 13.6 Å². The van der Waals surface area contributed by atoms with Crippen molar-refractivity contribution in [3.63, 3.8) is 0 Å². The zero-order valence-corrected chi connectivity index (χ0v) is 18.3. The maximum absolute atomic E-state index is 13.1. The van der Waals surface area contributed by atoms with Crippen LogP contribution in [0.1, 0.15) is 37.6 Å². The molecule has 0 fully saturated rings. The van der Waals surface area contributed by atoms with E-state index in [9.17, 15) is 9.59 Å². The topological polar surface area (TPSA) is 79.0 Å². The van der Waals surface area contributed by atoms with Crippen molar-refractivity contribution in [3.05, 3.63) is 20.8 Å². The third kappa shape index (κ3) is 4.71. The minimum Gasteiger partial charge on any atom is -0.344 e. The maximum Gasteiger partial charge on any atom is 0.263 e. The molecular weight excluding hydrogens is 380 g/mol. The molecule has 2 heterocycles. The number of fused-ring (bicyclic) bond motifs is 1. The number of rotatable bonds is 7. The number of hydrogen-bond acceptors (Lipinski definition) is 6. The first kappa shape index (κ1) is 21.5. The molecular formula is C19H26N4O2S2. The summed E-state index contributed by atoms with van der Waals surface area (Å²) < 4.78 is 1.70. The predicted octanol–water partition coefficient (Wildman–Crippen LogP) is 3.58. The Morgan fingerprint density at radius 3 is 2.63 bits per heavy atom. The number of thiophene rings is 1. The van der Waals surface area contributed by atoms with Crippen LogP contribution in [0.2, 0.25) is 0 Å². The molecule has 1 atom stereocenters. The standard InChI is InChI=1S/C19H26N4O2S2/c1-11(2)10-23-18(25)15-12(3)13(4)26-16(15)21-19(23)27-14(5)17(24)22(6)9-7-8-20/h11,14H,7,9-10H2,1-6H3/t14-/m0/s1. The first-order chi connectivity index (χ1) is 12.7. The summed E-state index contributed by atoms with van der Waals surface area (Å²) in [4.78, 5) is 33.8. The molecule has 0 saturated heterocycles. The predicted molar refractivity (Wildman–Crippen MR) is 111 cm³/mol. The highest BCUT2D eigenvalue weighted by atomic mass is 32.2. The van der Waals surface area contributed by atoms with Gasteiger partial charge >= 0.3 is 0 Å². The lowest BCUT2D eigenvalue weighted by molar-refractivity contribution is -0.128. The molecule has 2 rings (SSSR count). The number of aromatic nitrogens is 2. The molecule has 0 N–H and O–H groups in total. The Morgan fingerprint density at radius 2 is 2.04 bits per heavy atom. The highest BCUT2D eigenvalue weighted by molar-refractivity contribution is 8.00. The van der Waals surface area contributed by atoms with Crippen LogP contribution < -0.4 is 5.56 Å². The average molecular weight is 407 g/mol. The van der Waals surface area contributed by atoms with Crippen molar-refractivity contribution in [1.29, 1.82) is 5.26 Å². The third-order valence-electron chi connectivity index (χ3n) is 4.37. The number of carbonyl (C=O) groups excluding carboxylic acids is 1. The van der Waals surface area contributed by atoms with Crippen molar-refractivity contribution in [2.24, 2.45) is 5.92 Å². The Morgan fingerprint density at radius 1 is 1.37 bits per heavy atom. The van der Waals surface area contributed by atoms with E-state index in [-0.39, 0.29) is 17.4 Å². The summed E-state index contributed by atoms with van der Waals surface area (Å²) in [5.74, 6) is 0.213. The van der Waals surface area contributed by atoms with E-state index in [1.807, 2.05) is 20.8 Å². The fourth-order valence-corrected chi connectivity index (χ4v) is 4.87. The van der Waals surface area contributed by atoms with Gasteiger partial charge in [0.15, 0.2) is 5.16 Å². The van der Waals surface area contributed by atoms with Gasteiger partial charge in [-0.1, -0.05) is 25.6 Å². The van der Waals surface area contributed by atoms with Crippen LogP contribution >= 0.6 is 23.1 Å². The molecule has 2 aromatic rings. The molecule has 1 amide bonds. The van der Waals surface area contributed by atoms with Gasteiger partial charge < -0.3 is 4.90 Å². The van der Waals surface area contributed by atoms with Gasteiger partial charge in [0.25, 0.3) is 5.56 Å². The molecule has 0 spiro atoms. The highest BCUT2D eigenvalue weighted by Gasteiger charge is 2.23. The van der Waals surface area contributed by atoms with Crippen molar-refractivity contribution < 1.29 is 4.79 Å². The van der Waals surface area contributed by atoms with E-state index >= 15 is 0 Å². The second kappa shape index (κ2) is 8.89. The van der Waals surface area contributed by atoms with E-state index < -0.39 is 5.25 Å². The number of thioether (sulfide) groups is 1. The van der Waals surface area contributed by atoms with E-state index in [4.69, 9.17) is 10.2 Å². The van der Waals surface area contributed by atoms with Gasteiger partial charge in [0.1, 0.15) is 4.83 Å². The van der Waals surface area contributed by atoms with Gasteiger partial charge in [-0.05, 0) is 32.3 Å². The first-order valence-corrected chi connectivity index (χ1v) is 10.7. The summed E-state index contributed by atoms with van der Waals surface area (Å²) >= 11 is 2.83. The molecule has 0 aliphatic heterocycles. The van der Waals surface area contributed by atoms with Crippen LogP contribution in [-0.4, -0.2) is 39.2 Å². The largest absolute Gasteiger partial charge is 0.344 e. The normalized spacial score (nSPS) is 12.4. The van der Waals surface area contributed by atoms with Crippen molar-refractivity contribution in [3.8, 4) is 6.07 Å². The molecule has 0 aliphatic rings. The molecule has 146 valence electrons. The monoisotopic (exact) mass is 406 g/mol. The number of carbonyl (C=O) groups is 1. The van der Waals surface area contributed by atoms with E-state index in [1.54, 1.807) is 16.5 Å². The van der Waals surface area contributed by atoms with Gasteiger partial charge in [-0.15, -0.1) is 11.3 Å². The van der Waals surface area contributed by atoms with E-state index in [2.05, 4.69) is 19.9 Å². The van der Waals surface area contributed by atoms with E-state index in [1.165, 1.54) is 23.1 Å². The lowest BCUT2D eigenvalue weighted by Gasteiger charge is -2.21. The molecule has 6 nitrogen and oxygen atoms in total. The summed E-state index contributed by atoms with van der Waals surface area (Å²) in [6.07, 6.45) is 0.301. The molecule has 0 bridgehead atoms. The lowest BCUT2D eigenvalue weighted by atomic mass is 10.2. The molecule has 8 heteroatoms. The Bertz CT molecular complexity index is 940. The Kier molecular flexibility index (Phi) is 7.06. The van der Waals surface area contributed by atoms with Crippen LogP contribution in [0.5, 0.6) is 0 Å². The molecule has 27 heavy (non-hydrogen) atoms. The minimum absolute atomic E-state index is 0.0319. The third-order valence-corrected chi connectivity index (χ3v) is 6.55. The molecule has 0 unspecified atom stereocenters. The van der Waals surface area contributed by atoms with Crippen LogP contribution in [0, 0.1) is 31.1 Å². The molecule has 2 aromatic heterocycles. The average Bonchev–Trinajstić information content (AvgIpc) is 2.89. The summed E-state index contributed by atoms with van der Waals surface area (Å²) in [6.45, 7) is 10.8. The maximum atomic E-state index is 13.1. The van der Waals surface area contributed by atoms with Crippen molar-refractivity contribution in [2.45, 2.75) is 58.0 Å². The van der Waals surface area contributed by atoms with Gasteiger partial charge in [-0.25, -0.2) is 4.98 Å². The second-order valence-corrected chi connectivity index (χ2v) is 9.61. The number of amides is 1. The SMILES string of the molecule is Cc1sc2nc(S[C@@H](C)C(=O)N(C)CCC#N)n(CC(C)C)c(=O)c2c1C. The molecule has 0 aliphatic carbocycles. The zero-order valence-electron chi connectivity index (χ0n) is 16.7. The van der Waals surface area contributed by atoms with Gasteiger partial charge in [-0.2, -0.15) is 5.26 Å².